The Hall–Kier alpha value is -1.47. The largest absolute Gasteiger partial charge is 0.413 e. The van der Waals surface area contributed by atoms with Crippen molar-refractivity contribution in [3.05, 3.63) is 46.6 Å². The number of H-pyrrole nitrogens is 1. The summed E-state index contributed by atoms with van der Waals surface area (Å²) in [6.07, 6.45) is 0. The maximum absolute atomic E-state index is 11.8. The quantitative estimate of drug-likeness (QED) is 0.858. The highest BCUT2D eigenvalue weighted by molar-refractivity contribution is 7.89. The van der Waals surface area contributed by atoms with E-state index in [4.69, 9.17) is 4.42 Å². The first-order chi connectivity index (χ1) is 8.05. The van der Waals surface area contributed by atoms with Gasteiger partial charge in [0.15, 0.2) is 9.84 Å². The van der Waals surface area contributed by atoms with E-state index in [1.54, 1.807) is 24.3 Å². The molecule has 0 aliphatic carbocycles. The molecule has 17 heavy (non-hydrogen) atoms. The van der Waals surface area contributed by atoms with Crippen LogP contribution in [0, 0.1) is 4.84 Å². The fraction of sp³-hybridized carbons (Fsp3) is 0.200. The molecule has 1 heterocycles. The Labute approximate surface area is 103 Å². The first-order valence-corrected chi connectivity index (χ1v) is 7.07. The zero-order valence-electron chi connectivity index (χ0n) is 8.79. The molecule has 0 radical (unpaired) electrons. The Morgan fingerprint density at radius 1 is 1.24 bits per heavy atom. The normalized spacial score (nSPS) is 11.5. The molecule has 0 spiro atoms. The third-order valence-corrected chi connectivity index (χ3v) is 3.69. The van der Waals surface area contributed by atoms with E-state index >= 15 is 0 Å². The van der Waals surface area contributed by atoms with Crippen molar-refractivity contribution in [1.29, 1.82) is 0 Å². The van der Waals surface area contributed by atoms with Crippen molar-refractivity contribution in [3.63, 3.8) is 0 Å². The highest BCUT2D eigenvalue weighted by Crippen LogP contribution is 2.10. The molecule has 1 N–H and O–H groups in total. The lowest BCUT2D eigenvalue weighted by Gasteiger charge is -2.01. The minimum atomic E-state index is -3.30. The highest BCUT2D eigenvalue weighted by Gasteiger charge is 2.16. The summed E-state index contributed by atoms with van der Waals surface area (Å²) in [7, 11) is -3.30. The van der Waals surface area contributed by atoms with Crippen LogP contribution in [0.4, 0.5) is 0 Å². The van der Waals surface area contributed by atoms with E-state index in [-0.39, 0.29) is 22.2 Å². The van der Waals surface area contributed by atoms with Gasteiger partial charge in [0.05, 0.1) is 5.75 Å². The summed E-state index contributed by atoms with van der Waals surface area (Å²) < 4.78 is 28.6. The molecule has 0 atom stereocenters. The van der Waals surface area contributed by atoms with Gasteiger partial charge in [0, 0.05) is 0 Å². The van der Waals surface area contributed by atoms with Gasteiger partial charge in [-0.15, -0.1) is 5.10 Å². The van der Waals surface area contributed by atoms with Crippen LogP contribution in [0.3, 0.4) is 0 Å². The van der Waals surface area contributed by atoms with E-state index in [9.17, 15) is 8.42 Å². The lowest BCUT2D eigenvalue weighted by atomic mass is 10.2. The van der Waals surface area contributed by atoms with Crippen molar-refractivity contribution in [3.8, 4) is 0 Å². The monoisotopic (exact) mass is 270 g/mol. The van der Waals surface area contributed by atoms with Gasteiger partial charge in [0.2, 0.25) is 5.89 Å². The molecule has 1 aromatic carbocycles. The van der Waals surface area contributed by atoms with Crippen LogP contribution in [0.25, 0.3) is 0 Å². The average molecular weight is 270 g/mol. The number of rotatable bonds is 4. The van der Waals surface area contributed by atoms with E-state index in [0.29, 0.717) is 0 Å². The van der Waals surface area contributed by atoms with Crippen LogP contribution >= 0.6 is 12.2 Å². The minimum Gasteiger partial charge on any atom is -0.413 e. The van der Waals surface area contributed by atoms with Gasteiger partial charge in [-0.25, -0.2) is 13.5 Å². The van der Waals surface area contributed by atoms with Crippen molar-refractivity contribution >= 4 is 22.1 Å². The van der Waals surface area contributed by atoms with E-state index in [1.165, 1.54) is 0 Å². The summed E-state index contributed by atoms with van der Waals surface area (Å²) in [6, 6.07) is 8.95. The van der Waals surface area contributed by atoms with E-state index < -0.39 is 9.84 Å². The molecule has 5 nitrogen and oxygen atoms in total. The van der Waals surface area contributed by atoms with Gasteiger partial charge in [0.1, 0.15) is 5.75 Å². The molecule has 1 aromatic heterocycles. The Morgan fingerprint density at radius 2 is 1.94 bits per heavy atom. The van der Waals surface area contributed by atoms with Gasteiger partial charge in [-0.3, -0.25) is 0 Å². The number of sulfone groups is 1. The number of aromatic nitrogens is 2. The zero-order chi connectivity index (χ0) is 12.3. The molecule has 0 saturated heterocycles. The highest BCUT2D eigenvalue weighted by atomic mass is 32.2. The first-order valence-electron chi connectivity index (χ1n) is 4.84. The van der Waals surface area contributed by atoms with Crippen LogP contribution in [0.1, 0.15) is 11.5 Å². The fourth-order valence-electron chi connectivity index (χ4n) is 1.39. The molecule has 0 saturated carbocycles. The molecule has 7 heteroatoms. The predicted octanol–water partition coefficient (Wildman–Crippen LogP) is 1.85. The van der Waals surface area contributed by atoms with Crippen molar-refractivity contribution in [1.82, 2.24) is 10.2 Å². The smallest absolute Gasteiger partial charge is 0.284 e. The third kappa shape index (κ3) is 3.50. The van der Waals surface area contributed by atoms with Gasteiger partial charge >= 0.3 is 0 Å². The van der Waals surface area contributed by atoms with E-state index in [2.05, 4.69) is 22.4 Å². The molecule has 0 aliphatic rings. The molecule has 0 unspecified atom stereocenters. The van der Waals surface area contributed by atoms with Crippen molar-refractivity contribution in [2.75, 3.05) is 0 Å². The predicted molar refractivity (Wildman–Crippen MR) is 64.5 cm³/mol. The standard InChI is InChI=1S/C10H10N2O3S2/c13-17(14,6-8-4-2-1-3-5-8)7-9-11-12-10(16)15-9/h1-5H,6-7H2,(H,12,16). The maximum atomic E-state index is 11.8. The van der Waals surface area contributed by atoms with E-state index in [1.807, 2.05) is 6.07 Å². The lowest BCUT2D eigenvalue weighted by molar-refractivity contribution is 0.493. The lowest BCUT2D eigenvalue weighted by Crippen LogP contribution is -2.07. The molecule has 0 bridgehead atoms. The minimum absolute atomic E-state index is 0.0387. The number of nitrogens with one attached hydrogen (secondary N) is 1. The molecule has 2 rings (SSSR count). The number of hydrogen-bond acceptors (Lipinski definition) is 5. The molecular weight excluding hydrogens is 260 g/mol. The molecule has 0 amide bonds. The van der Waals surface area contributed by atoms with Crippen LogP contribution in [0.2, 0.25) is 0 Å². The summed E-state index contributed by atoms with van der Waals surface area (Å²) in [4.78, 5) is 0.0786. The van der Waals surface area contributed by atoms with Crippen molar-refractivity contribution < 1.29 is 12.8 Å². The third-order valence-electron chi connectivity index (χ3n) is 2.06. The van der Waals surface area contributed by atoms with Crippen LogP contribution < -0.4 is 0 Å². The Morgan fingerprint density at radius 3 is 2.53 bits per heavy atom. The van der Waals surface area contributed by atoms with Crippen molar-refractivity contribution in [2.45, 2.75) is 11.5 Å². The summed E-state index contributed by atoms with van der Waals surface area (Å²) in [6.45, 7) is 0. The van der Waals surface area contributed by atoms with Crippen molar-refractivity contribution in [2.24, 2.45) is 0 Å². The second kappa shape index (κ2) is 4.80. The number of hydrogen-bond donors (Lipinski definition) is 1. The Bertz CT molecular complexity index is 643. The van der Waals surface area contributed by atoms with Crippen LogP contribution in [-0.4, -0.2) is 18.6 Å². The Kier molecular flexibility index (Phi) is 3.39. The topological polar surface area (TPSA) is 76.0 Å². The Balaban J connectivity index is 2.12. The average Bonchev–Trinajstić information content (AvgIpc) is 2.63. The van der Waals surface area contributed by atoms with Crippen LogP contribution in [-0.2, 0) is 21.3 Å². The van der Waals surface area contributed by atoms with E-state index in [0.717, 1.165) is 5.56 Å². The van der Waals surface area contributed by atoms with Crippen LogP contribution in [0.5, 0.6) is 0 Å². The van der Waals surface area contributed by atoms with Gasteiger partial charge in [0.25, 0.3) is 4.84 Å². The summed E-state index contributed by atoms with van der Waals surface area (Å²) in [5.74, 6) is -0.205. The fourth-order valence-corrected chi connectivity index (χ4v) is 2.83. The maximum Gasteiger partial charge on any atom is 0.284 e. The SMILES string of the molecule is O=S(=O)(Cc1ccccc1)Cc1n[nH]c(=S)o1. The van der Waals surface area contributed by atoms with Gasteiger partial charge in [-0.05, 0) is 17.8 Å². The van der Waals surface area contributed by atoms with Gasteiger partial charge < -0.3 is 4.42 Å². The summed E-state index contributed by atoms with van der Waals surface area (Å²) >= 11 is 4.67. The van der Waals surface area contributed by atoms with Crippen LogP contribution in [0.15, 0.2) is 34.7 Å². The van der Waals surface area contributed by atoms with Gasteiger partial charge in [-0.2, -0.15) is 0 Å². The first kappa shape index (κ1) is 12.0. The van der Waals surface area contributed by atoms with Gasteiger partial charge in [-0.1, -0.05) is 30.3 Å². The number of aromatic amines is 1. The molecule has 0 aliphatic heterocycles. The molecular formula is C10H10N2O3S2. The number of nitrogens with zero attached hydrogens (tertiary/aromatic N) is 1. The molecule has 90 valence electrons. The molecule has 2 aromatic rings. The second-order valence-electron chi connectivity index (χ2n) is 3.52. The zero-order valence-corrected chi connectivity index (χ0v) is 10.4. The number of benzene rings is 1. The summed E-state index contributed by atoms with van der Waals surface area (Å²) in [5.41, 5.74) is 0.738. The second-order valence-corrected chi connectivity index (χ2v) is 5.96. The summed E-state index contributed by atoms with van der Waals surface area (Å²) in [5, 5.41) is 6.06. The molecule has 0 fully saturated rings.